The van der Waals surface area contributed by atoms with Gasteiger partial charge in [0.05, 0.1) is 12.7 Å². The molecule has 0 atom stereocenters. The van der Waals surface area contributed by atoms with Gasteiger partial charge >= 0.3 is 5.97 Å². The highest BCUT2D eigenvalue weighted by Crippen LogP contribution is 2.26. The van der Waals surface area contributed by atoms with Crippen molar-refractivity contribution in [3.05, 3.63) is 60.4 Å². The van der Waals surface area contributed by atoms with Crippen molar-refractivity contribution < 1.29 is 19.1 Å². The van der Waals surface area contributed by atoms with Gasteiger partial charge in [0.1, 0.15) is 17.7 Å². The quantitative estimate of drug-likeness (QED) is 0.794. The number of ether oxygens (including phenoxy) is 1. The molecule has 0 amide bonds. The summed E-state index contributed by atoms with van der Waals surface area (Å²) in [4.78, 5) is 15.4. The summed E-state index contributed by atoms with van der Waals surface area (Å²) in [5.74, 6) is 0.166. The molecule has 22 heavy (non-hydrogen) atoms. The molecule has 0 bridgehead atoms. The van der Waals surface area contributed by atoms with Gasteiger partial charge in [0.25, 0.3) is 0 Å². The zero-order valence-corrected chi connectivity index (χ0v) is 11.8. The number of carboxylic acids is 1. The van der Waals surface area contributed by atoms with Crippen LogP contribution < -0.4 is 4.74 Å². The molecule has 1 heterocycles. The van der Waals surface area contributed by atoms with Crippen LogP contribution in [0.5, 0.6) is 5.75 Å². The molecular formula is C17H13NO4. The monoisotopic (exact) mass is 295 g/mol. The molecule has 0 saturated carbocycles. The Morgan fingerprint density at radius 2 is 1.91 bits per heavy atom. The second-order valence-corrected chi connectivity index (χ2v) is 4.65. The van der Waals surface area contributed by atoms with E-state index < -0.39 is 5.97 Å². The number of carboxylic acid groups (broad SMARTS) is 1. The molecule has 2 aromatic carbocycles. The van der Waals surface area contributed by atoms with Gasteiger partial charge in [0, 0.05) is 11.1 Å². The van der Waals surface area contributed by atoms with Crippen LogP contribution in [0.4, 0.5) is 0 Å². The molecule has 0 unspecified atom stereocenters. The van der Waals surface area contributed by atoms with Gasteiger partial charge in [-0.3, -0.25) is 0 Å². The molecular weight excluding hydrogens is 282 g/mol. The maximum absolute atomic E-state index is 11.0. The highest BCUT2D eigenvalue weighted by atomic mass is 16.5. The van der Waals surface area contributed by atoms with E-state index in [0.29, 0.717) is 17.1 Å². The van der Waals surface area contributed by atoms with E-state index in [2.05, 4.69) is 4.98 Å². The second kappa shape index (κ2) is 5.73. The topological polar surface area (TPSA) is 72.6 Å². The lowest BCUT2D eigenvalue weighted by molar-refractivity contribution is 0.0697. The fraction of sp³-hybridized carbons (Fsp3) is 0.0588. The highest BCUT2D eigenvalue weighted by Gasteiger charge is 2.11. The average Bonchev–Trinajstić information content (AvgIpc) is 3.05. The van der Waals surface area contributed by atoms with Gasteiger partial charge in [-0.1, -0.05) is 6.07 Å². The fourth-order valence-corrected chi connectivity index (χ4v) is 2.09. The average molecular weight is 295 g/mol. The second-order valence-electron chi connectivity index (χ2n) is 4.65. The number of nitrogens with zero attached hydrogens (tertiary/aromatic N) is 1. The SMILES string of the molecule is COc1ccc(-c2coc(-c3cccc(C(=O)O)c3)n2)cc1. The third-order valence-corrected chi connectivity index (χ3v) is 3.25. The third-order valence-electron chi connectivity index (χ3n) is 3.25. The minimum absolute atomic E-state index is 0.196. The van der Waals surface area contributed by atoms with Crippen LogP contribution >= 0.6 is 0 Å². The Morgan fingerprint density at radius 1 is 1.14 bits per heavy atom. The molecule has 1 aromatic heterocycles. The van der Waals surface area contributed by atoms with Gasteiger partial charge in [0.15, 0.2) is 0 Å². The molecule has 0 aliphatic rings. The van der Waals surface area contributed by atoms with Crippen molar-refractivity contribution in [2.75, 3.05) is 7.11 Å². The van der Waals surface area contributed by atoms with Gasteiger partial charge in [-0.2, -0.15) is 0 Å². The molecule has 0 spiro atoms. The lowest BCUT2D eigenvalue weighted by Gasteiger charge is -2.00. The Labute approximate surface area is 126 Å². The number of benzene rings is 2. The minimum atomic E-state index is -0.983. The summed E-state index contributed by atoms with van der Waals surface area (Å²) in [6.45, 7) is 0. The van der Waals surface area contributed by atoms with Crippen LogP contribution in [0.3, 0.4) is 0 Å². The minimum Gasteiger partial charge on any atom is -0.497 e. The van der Waals surface area contributed by atoms with Crippen molar-refractivity contribution in [1.29, 1.82) is 0 Å². The summed E-state index contributed by atoms with van der Waals surface area (Å²) in [7, 11) is 1.61. The molecule has 5 heteroatoms. The summed E-state index contributed by atoms with van der Waals surface area (Å²) in [6, 6.07) is 13.9. The van der Waals surface area contributed by atoms with Crippen molar-refractivity contribution in [2.45, 2.75) is 0 Å². The molecule has 0 aliphatic heterocycles. The van der Waals surface area contributed by atoms with Gasteiger partial charge in [-0.05, 0) is 42.5 Å². The molecule has 1 N–H and O–H groups in total. The maximum Gasteiger partial charge on any atom is 0.335 e. The van der Waals surface area contributed by atoms with Crippen molar-refractivity contribution >= 4 is 5.97 Å². The van der Waals surface area contributed by atoms with Crippen molar-refractivity contribution in [1.82, 2.24) is 4.98 Å². The summed E-state index contributed by atoms with van der Waals surface area (Å²) < 4.78 is 10.6. The summed E-state index contributed by atoms with van der Waals surface area (Å²) >= 11 is 0. The number of aromatic carboxylic acids is 1. The van der Waals surface area contributed by atoms with E-state index >= 15 is 0 Å². The van der Waals surface area contributed by atoms with E-state index in [0.717, 1.165) is 11.3 Å². The first kappa shape index (κ1) is 13.9. The van der Waals surface area contributed by atoms with Crippen LogP contribution in [0.1, 0.15) is 10.4 Å². The van der Waals surface area contributed by atoms with Crippen molar-refractivity contribution in [2.24, 2.45) is 0 Å². The molecule has 0 fully saturated rings. The molecule has 3 rings (SSSR count). The van der Waals surface area contributed by atoms with Gasteiger partial charge < -0.3 is 14.3 Å². The number of hydrogen-bond acceptors (Lipinski definition) is 4. The number of hydrogen-bond donors (Lipinski definition) is 1. The normalized spacial score (nSPS) is 10.4. The van der Waals surface area contributed by atoms with Crippen LogP contribution in [0.25, 0.3) is 22.7 Å². The van der Waals surface area contributed by atoms with Crippen LogP contribution in [-0.4, -0.2) is 23.2 Å². The highest BCUT2D eigenvalue weighted by molar-refractivity contribution is 5.89. The first-order chi connectivity index (χ1) is 10.7. The zero-order valence-electron chi connectivity index (χ0n) is 11.8. The molecule has 3 aromatic rings. The van der Waals surface area contributed by atoms with Crippen LogP contribution in [0.2, 0.25) is 0 Å². The molecule has 0 aliphatic carbocycles. The molecule has 110 valence electrons. The zero-order chi connectivity index (χ0) is 15.5. The van der Waals surface area contributed by atoms with Crippen LogP contribution in [-0.2, 0) is 0 Å². The van der Waals surface area contributed by atoms with Crippen molar-refractivity contribution in [3.8, 4) is 28.5 Å². The Hall–Kier alpha value is -3.08. The van der Waals surface area contributed by atoms with Gasteiger partial charge in [0.2, 0.25) is 5.89 Å². The predicted octanol–water partition coefficient (Wildman–Crippen LogP) is 3.72. The summed E-state index contributed by atoms with van der Waals surface area (Å²) in [6.07, 6.45) is 1.55. The Bertz CT molecular complexity index is 806. The lowest BCUT2D eigenvalue weighted by atomic mass is 10.1. The number of methoxy groups -OCH3 is 1. The van der Waals surface area contributed by atoms with Gasteiger partial charge in [-0.15, -0.1) is 0 Å². The fourth-order valence-electron chi connectivity index (χ4n) is 2.09. The first-order valence-corrected chi connectivity index (χ1v) is 6.61. The predicted molar refractivity (Wildman–Crippen MR) is 80.9 cm³/mol. The number of rotatable bonds is 4. The number of aromatic nitrogens is 1. The van der Waals surface area contributed by atoms with E-state index in [4.69, 9.17) is 14.3 Å². The van der Waals surface area contributed by atoms with Crippen molar-refractivity contribution in [3.63, 3.8) is 0 Å². The van der Waals surface area contributed by atoms with E-state index in [1.165, 1.54) is 12.1 Å². The molecule has 5 nitrogen and oxygen atoms in total. The molecule has 0 radical (unpaired) electrons. The summed E-state index contributed by atoms with van der Waals surface area (Å²) in [5, 5.41) is 9.03. The van der Waals surface area contributed by atoms with Crippen LogP contribution in [0, 0.1) is 0 Å². The standard InChI is InChI=1S/C17H13NO4/c1-21-14-7-5-11(6-8-14)15-10-22-16(18-15)12-3-2-4-13(9-12)17(19)20/h2-10H,1H3,(H,19,20). The Balaban J connectivity index is 1.93. The Kier molecular flexibility index (Phi) is 3.62. The molecule has 0 saturated heterocycles. The first-order valence-electron chi connectivity index (χ1n) is 6.61. The Morgan fingerprint density at radius 3 is 2.59 bits per heavy atom. The lowest BCUT2D eigenvalue weighted by Crippen LogP contribution is -1.95. The van der Waals surface area contributed by atoms with E-state index in [1.807, 2.05) is 24.3 Å². The maximum atomic E-state index is 11.0. The van der Waals surface area contributed by atoms with Gasteiger partial charge in [-0.25, -0.2) is 9.78 Å². The number of oxazole rings is 1. The smallest absolute Gasteiger partial charge is 0.335 e. The number of carbonyl (C=O) groups is 1. The third kappa shape index (κ3) is 2.69. The van der Waals surface area contributed by atoms with E-state index in [-0.39, 0.29) is 5.56 Å². The van der Waals surface area contributed by atoms with E-state index in [9.17, 15) is 4.79 Å². The summed E-state index contributed by atoms with van der Waals surface area (Å²) in [5.41, 5.74) is 2.39. The van der Waals surface area contributed by atoms with Crippen LogP contribution in [0.15, 0.2) is 59.2 Å². The van der Waals surface area contributed by atoms with E-state index in [1.54, 1.807) is 25.5 Å². The largest absolute Gasteiger partial charge is 0.497 e.